The lowest BCUT2D eigenvalue weighted by molar-refractivity contribution is -0.136. The molecule has 2 rings (SSSR count). The lowest BCUT2D eigenvalue weighted by Gasteiger charge is -2.06. The molecule has 22 heavy (non-hydrogen) atoms. The Morgan fingerprint density at radius 3 is 2.50 bits per heavy atom. The molecule has 2 amide bonds. The molecule has 0 aliphatic heterocycles. The van der Waals surface area contributed by atoms with Crippen LogP contribution in [0, 0.1) is 6.92 Å². The second-order valence-electron chi connectivity index (χ2n) is 4.41. The molecule has 0 aliphatic carbocycles. The number of nitrogens with one attached hydrogen (secondary N) is 2. The Bertz CT molecular complexity index is 651. The van der Waals surface area contributed by atoms with Crippen molar-refractivity contribution in [1.82, 2.24) is 15.5 Å². The molecule has 1 aromatic carbocycles. The molecule has 0 spiro atoms. The van der Waals surface area contributed by atoms with Crippen LogP contribution in [0.1, 0.15) is 5.89 Å². The number of carbonyl (C=O) groups excluding carboxylic acids is 2. The SMILES string of the molecule is COCCNC(=O)C(=O)Nc1ccc(-c2nnc(C)o2)cc1. The van der Waals surface area contributed by atoms with Crippen LogP contribution in [0.15, 0.2) is 28.7 Å². The minimum atomic E-state index is -0.738. The number of aromatic nitrogens is 2. The number of rotatable bonds is 5. The largest absolute Gasteiger partial charge is 0.421 e. The van der Waals surface area contributed by atoms with Crippen LogP contribution in [0.3, 0.4) is 0 Å². The molecule has 0 unspecified atom stereocenters. The van der Waals surface area contributed by atoms with Crippen molar-refractivity contribution in [3.05, 3.63) is 30.2 Å². The highest BCUT2D eigenvalue weighted by Crippen LogP contribution is 2.19. The molecule has 0 bridgehead atoms. The van der Waals surface area contributed by atoms with Gasteiger partial charge in [-0.1, -0.05) is 0 Å². The quantitative estimate of drug-likeness (QED) is 0.623. The van der Waals surface area contributed by atoms with Gasteiger partial charge in [-0.3, -0.25) is 9.59 Å². The molecule has 8 heteroatoms. The predicted molar refractivity (Wildman–Crippen MR) is 78.0 cm³/mol. The molecule has 8 nitrogen and oxygen atoms in total. The first-order chi connectivity index (χ1) is 10.6. The molecule has 0 saturated heterocycles. The van der Waals surface area contributed by atoms with Crippen molar-refractivity contribution >= 4 is 17.5 Å². The minimum Gasteiger partial charge on any atom is -0.421 e. The zero-order valence-corrected chi connectivity index (χ0v) is 12.3. The summed E-state index contributed by atoms with van der Waals surface area (Å²) in [6.07, 6.45) is 0. The number of benzene rings is 1. The van der Waals surface area contributed by atoms with Crippen LogP contribution in [0.25, 0.3) is 11.5 Å². The summed E-state index contributed by atoms with van der Waals surface area (Å²) < 4.78 is 10.1. The molecule has 116 valence electrons. The minimum absolute atomic E-state index is 0.276. The van der Waals surface area contributed by atoms with Crippen LogP contribution >= 0.6 is 0 Å². The second-order valence-corrected chi connectivity index (χ2v) is 4.41. The van der Waals surface area contributed by atoms with Gasteiger partial charge in [0.05, 0.1) is 6.61 Å². The fraction of sp³-hybridized carbons (Fsp3) is 0.286. The van der Waals surface area contributed by atoms with Crippen LogP contribution in [0.2, 0.25) is 0 Å². The maximum atomic E-state index is 11.7. The topological polar surface area (TPSA) is 106 Å². The molecule has 0 aliphatic rings. The monoisotopic (exact) mass is 304 g/mol. The van der Waals surface area contributed by atoms with Gasteiger partial charge < -0.3 is 19.8 Å². The van der Waals surface area contributed by atoms with Gasteiger partial charge in [0.1, 0.15) is 0 Å². The van der Waals surface area contributed by atoms with E-state index >= 15 is 0 Å². The van der Waals surface area contributed by atoms with Gasteiger partial charge in [0.2, 0.25) is 11.8 Å². The van der Waals surface area contributed by atoms with Crippen LogP contribution in [0.5, 0.6) is 0 Å². The Balaban J connectivity index is 1.93. The predicted octanol–water partition coefficient (Wildman–Crippen LogP) is 0.746. The van der Waals surface area contributed by atoms with Crippen molar-refractivity contribution in [1.29, 1.82) is 0 Å². The van der Waals surface area contributed by atoms with E-state index in [0.29, 0.717) is 24.1 Å². The van der Waals surface area contributed by atoms with Crippen molar-refractivity contribution in [2.75, 3.05) is 25.6 Å². The van der Waals surface area contributed by atoms with E-state index in [0.717, 1.165) is 5.56 Å². The zero-order chi connectivity index (χ0) is 15.9. The highest BCUT2D eigenvalue weighted by atomic mass is 16.5. The summed E-state index contributed by atoms with van der Waals surface area (Å²) in [7, 11) is 1.51. The van der Waals surface area contributed by atoms with E-state index in [2.05, 4.69) is 20.8 Å². The fourth-order valence-electron chi connectivity index (χ4n) is 1.64. The maximum Gasteiger partial charge on any atom is 0.313 e. The van der Waals surface area contributed by atoms with Crippen molar-refractivity contribution in [3.63, 3.8) is 0 Å². The van der Waals surface area contributed by atoms with E-state index in [1.54, 1.807) is 31.2 Å². The summed E-state index contributed by atoms with van der Waals surface area (Å²) in [5.41, 5.74) is 1.22. The molecule has 1 aromatic heterocycles. The molecule has 2 aromatic rings. The number of hydrogen-bond acceptors (Lipinski definition) is 6. The highest BCUT2D eigenvalue weighted by molar-refractivity contribution is 6.39. The Morgan fingerprint density at radius 1 is 1.18 bits per heavy atom. The normalized spacial score (nSPS) is 10.3. The molecule has 2 N–H and O–H groups in total. The standard InChI is InChI=1S/C14H16N4O4/c1-9-17-18-14(22-9)10-3-5-11(6-4-10)16-13(20)12(19)15-7-8-21-2/h3-6H,7-8H2,1-2H3,(H,15,19)(H,16,20). The Hall–Kier alpha value is -2.74. The van der Waals surface area contributed by atoms with Crippen molar-refractivity contribution in [2.24, 2.45) is 0 Å². The molecular weight excluding hydrogens is 288 g/mol. The average molecular weight is 304 g/mol. The van der Waals surface area contributed by atoms with Gasteiger partial charge in [0.15, 0.2) is 0 Å². The average Bonchev–Trinajstić information content (AvgIpc) is 2.94. The van der Waals surface area contributed by atoms with Gasteiger partial charge in [0.25, 0.3) is 0 Å². The number of hydrogen-bond donors (Lipinski definition) is 2. The van der Waals surface area contributed by atoms with E-state index in [-0.39, 0.29) is 6.54 Å². The second kappa shape index (κ2) is 7.32. The molecule has 1 heterocycles. The van der Waals surface area contributed by atoms with Crippen molar-refractivity contribution < 1.29 is 18.7 Å². The number of nitrogens with zero attached hydrogens (tertiary/aromatic N) is 2. The third-order valence-electron chi connectivity index (χ3n) is 2.71. The fourth-order valence-corrected chi connectivity index (χ4v) is 1.64. The third kappa shape index (κ3) is 4.13. The van der Waals surface area contributed by atoms with Crippen LogP contribution in [-0.2, 0) is 14.3 Å². The summed E-state index contributed by atoms with van der Waals surface area (Å²) in [6, 6.07) is 6.72. The number of aryl methyl sites for hydroxylation is 1. The van der Waals surface area contributed by atoms with Crippen LogP contribution < -0.4 is 10.6 Å². The van der Waals surface area contributed by atoms with Crippen LogP contribution in [0.4, 0.5) is 5.69 Å². The number of carbonyl (C=O) groups is 2. The van der Waals surface area contributed by atoms with Gasteiger partial charge in [-0.05, 0) is 24.3 Å². The molecule has 0 atom stereocenters. The van der Waals surface area contributed by atoms with Crippen molar-refractivity contribution in [2.45, 2.75) is 6.92 Å². The summed E-state index contributed by atoms with van der Waals surface area (Å²) >= 11 is 0. The summed E-state index contributed by atoms with van der Waals surface area (Å²) in [6.45, 7) is 2.32. The first kappa shape index (κ1) is 15.6. The number of methoxy groups -OCH3 is 1. The first-order valence-corrected chi connectivity index (χ1v) is 6.59. The van der Waals surface area contributed by atoms with E-state index in [9.17, 15) is 9.59 Å². The summed E-state index contributed by atoms with van der Waals surface area (Å²) in [5.74, 6) is -0.584. The molecular formula is C14H16N4O4. The lowest BCUT2D eigenvalue weighted by Crippen LogP contribution is -2.37. The lowest BCUT2D eigenvalue weighted by atomic mass is 10.2. The Kier molecular flexibility index (Phi) is 5.21. The van der Waals surface area contributed by atoms with E-state index < -0.39 is 11.8 Å². The smallest absolute Gasteiger partial charge is 0.313 e. The Labute approximate surface area is 126 Å². The highest BCUT2D eigenvalue weighted by Gasteiger charge is 2.13. The molecule has 0 radical (unpaired) electrons. The van der Waals surface area contributed by atoms with Crippen LogP contribution in [-0.4, -0.2) is 42.3 Å². The molecule has 0 fully saturated rings. The van der Waals surface area contributed by atoms with E-state index in [1.165, 1.54) is 7.11 Å². The Morgan fingerprint density at radius 2 is 1.91 bits per heavy atom. The first-order valence-electron chi connectivity index (χ1n) is 6.59. The molecule has 0 saturated carbocycles. The zero-order valence-electron chi connectivity index (χ0n) is 12.3. The van der Waals surface area contributed by atoms with Gasteiger partial charge in [-0.2, -0.15) is 0 Å². The van der Waals surface area contributed by atoms with Gasteiger partial charge in [-0.25, -0.2) is 0 Å². The third-order valence-corrected chi connectivity index (χ3v) is 2.71. The summed E-state index contributed by atoms with van der Waals surface area (Å²) in [4.78, 5) is 23.2. The number of anilines is 1. The van der Waals surface area contributed by atoms with E-state index in [4.69, 9.17) is 9.15 Å². The number of ether oxygens (including phenoxy) is 1. The van der Waals surface area contributed by atoms with E-state index in [1.807, 2.05) is 0 Å². The van der Waals surface area contributed by atoms with Gasteiger partial charge in [-0.15, -0.1) is 10.2 Å². The number of amides is 2. The van der Waals surface area contributed by atoms with Crippen molar-refractivity contribution in [3.8, 4) is 11.5 Å². The maximum absolute atomic E-state index is 11.7. The van der Waals surface area contributed by atoms with Gasteiger partial charge >= 0.3 is 11.8 Å². The summed E-state index contributed by atoms with van der Waals surface area (Å²) in [5, 5.41) is 12.6. The van der Waals surface area contributed by atoms with Gasteiger partial charge in [0, 0.05) is 31.8 Å².